The maximum atomic E-state index is 6.18. The van der Waals surface area contributed by atoms with Crippen LogP contribution in [0.15, 0.2) is 59.1 Å². The first-order chi connectivity index (χ1) is 11.3. The van der Waals surface area contributed by atoms with Crippen LogP contribution in [-0.2, 0) is 11.2 Å². The molecule has 1 unspecified atom stereocenters. The maximum absolute atomic E-state index is 6.18. The fourth-order valence-electron chi connectivity index (χ4n) is 3.39. The summed E-state index contributed by atoms with van der Waals surface area (Å²) in [5.74, 6) is 0.876. The molecule has 3 aromatic carbocycles. The zero-order chi connectivity index (χ0) is 15.8. The van der Waals surface area contributed by atoms with Crippen molar-refractivity contribution in [2.24, 2.45) is 0 Å². The van der Waals surface area contributed by atoms with Crippen molar-refractivity contribution in [3.63, 3.8) is 0 Å². The van der Waals surface area contributed by atoms with Gasteiger partial charge in [-0.2, -0.15) is 0 Å². The third-order valence-corrected chi connectivity index (χ3v) is 4.95. The van der Waals surface area contributed by atoms with E-state index in [1.807, 2.05) is 6.07 Å². The van der Waals surface area contributed by atoms with E-state index in [4.69, 9.17) is 9.47 Å². The standard InChI is InChI=1S/C20H17BrO2/c1-22-18-9-6-14-12-15(21)7-8-16(14)19(18)20-17-5-3-2-4-13(17)10-11-23-20/h2-9,12,20H,10-11H2,1H3. The molecule has 1 aliphatic heterocycles. The molecule has 1 heterocycles. The van der Waals surface area contributed by atoms with Crippen LogP contribution in [0.1, 0.15) is 22.8 Å². The first kappa shape index (κ1) is 14.7. The molecule has 3 aromatic rings. The minimum Gasteiger partial charge on any atom is -0.496 e. The van der Waals surface area contributed by atoms with Gasteiger partial charge in [-0.1, -0.05) is 52.3 Å². The molecule has 0 radical (unpaired) electrons. The van der Waals surface area contributed by atoms with Gasteiger partial charge in [0.05, 0.1) is 13.7 Å². The molecular weight excluding hydrogens is 352 g/mol. The van der Waals surface area contributed by atoms with Gasteiger partial charge in [-0.25, -0.2) is 0 Å². The summed E-state index contributed by atoms with van der Waals surface area (Å²) in [5.41, 5.74) is 3.72. The molecule has 1 atom stereocenters. The molecule has 0 saturated carbocycles. The van der Waals surface area contributed by atoms with Crippen LogP contribution in [0.5, 0.6) is 5.75 Å². The molecule has 0 bridgehead atoms. The van der Waals surface area contributed by atoms with Crippen LogP contribution in [0.3, 0.4) is 0 Å². The Morgan fingerprint density at radius 1 is 1.09 bits per heavy atom. The van der Waals surface area contributed by atoms with Crippen molar-refractivity contribution in [1.29, 1.82) is 0 Å². The van der Waals surface area contributed by atoms with Crippen LogP contribution in [0, 0.1) is 0 Å². The zero-order valence-electron chi connectivity index (χ0n) is 12.9. The normalized spacial score (nSPS) is 17.0. The molecule has 23 heavy (non-hydrogen) atoms. The van der Waals surface area contributed by atoms with Crippen LogP contribution >= 0.6 is 15.9 Å². The average Bonchev–Trinajstić information content (AvgIpc) is 2.60. The third kappa shape index (κ3) is 2.54. The number of hydrogen-bond donors (Lipinski definition) is 0. The van der Waals surface area contributed by atoms with Gasteiger partial charge in [0.15, 0.2) is 0 Å². The summed E-state index contributed by atoms with van der Waals surface area (Å²) in [5, 5.41) is 2.36. The van der Waals surface area contributed by atoms with Crippen LogP contribution in [0.4, 0.5) is 0 Å². The van der Waals surface area contributed by atoms with Gasteiger partial charge in [-0.05, 0) is 46.5 Å². The predicted molar refractivity (Wildman–Crippen MR) is 96.1 cm³/mol. The molecule has 0 aliphatic carbocycles. The smallest absolute Gasteiger partial charge is 0.125 e. The molecule has 0 N–H and O–H groups in total. The summed E-state index contributed by atoms with van der Waals surface area (Å²) in [7, 11) is 1.72. The number of rotatable bonds is 2. The van der Waals surface area contributed by atoms with Crippen LogP contribution < -0.4 is 4.74 Å². The highest BCUT2D eigenvalue weighted by molar-refractivity contribution is 9.10. The second kappa shape index (κ2) is 5.99. The van der Waals surface area contributed by atoms with Crippen molar-refractivity contribution in [2.45, 2.75) is 12.5 Å². The largest absolute Gasteiger partial charge is 0.496 e. The highest BCUT2D eigenvalue weighted by Crippen LogP contribution is 2.41. The minimum absolute atomic E-state index is 0.0835. The highest BCUT2D eigenvalue weighted by atomic mass is 79.9. The summed E-state index contributed by atoms with van der Waals surface area (Å²) in [6.45, 7) is 0.734. The summed E-state index contributed by atoms with van der Waals surface area (Å²) < 4.78 is 12.9. The van der Waals surface area contributed by atoms with Crippen LogP contribution in [0.2, 0.25) is 0 Å². The lowest BCUT2D eigenvalue weighted by molar-refractivity contribution is 0.0691. The van der Waals surface area contributed by atoms with E-state index in [0.717, 1.165) is 28.8 Å². The van der Waals surface area contributed by atoms with Gasteiger partial charge in [0.2, 0.25) is 0 Å². The van der Waals surface area contributed by atoms with E-state index in [2.05, 4.69) is 64.5 Å². The summed E-state index contributed by atoms with van der Waals surface area (Å²) in [6.07, 6.45) is 0.880. The van der Waals surface area contributed by atoms with Gasteiger partial charge in [-0.3, -0.25) is 0 Å². The van der Waals surface area contributed by atoms with E-state index in [1.165, 1.54) is 21.9 Å². The Balaban J connectivity index is 1.98. The molecule has 0 aromatic heterocycles. The summed E-state index contributed by atoms with van der Waals surface area (Å²) >= 11 is 3.55. The Kier molecular flexibility index (Phi) is 3.83. The Morgan fingerprint density at radius 3 is 2.83 bits per heavy atom. The Hall–Kier alpha value is -1.84. The molecule has 4 rings (SSSR count). The summed E-state index contributed by atoms with van der Waals surface area (Å²) in [6, 6.07) is 19.0. The van der Waals surface area contributed by atoms with Gasteiger partial charge < -0.3 is 9.47 Å². The number of ether oxygens (including phenoxy) is 2. The second-order valence-electron chi connectivity index (χ2n) is 5.75. The lowest BCUT2D eigenvalue weighted by atomic mass is 9.90. The fourth-order valence-corrected chi connectivity index (χ4v) is 3.76. The zero-order valence-corrected chi connectivity index (χ0v) is 14.5. The lowest BCUT2D eigenvalue weighted by Gasteiger charge is -2.28. The number of methoxy groups -OCH3 is 1. The molecule has 3 heteroatoms. The Morgan fingerprint density at radius 2 is 1.96 bits per heavy atom. The molecule has 1 aliphatic rings. The lowest BCUT2D eigenvalue weighted by Crippen LogP contribution is -2.18. The molecule has 0 amide bonds. The van der Waals surface area contributed by atoms with E-state index in [9.17, 15) is 0 Å². The fraction of sp³-hybridized carbons (Fsp3) is 0.200. The topological polar surface area (TPSA) is 18.5 Å². The van der Waals surface area contributed by atoms with Crippen LogP contribution in [0.25, 0.3) is 10.8 Å². The molecular formula is C20H17BrO2. The van der Waals surface area contributed by atoms with Crippen molar-refractivity contribution >= 4 is 26.7 Å². The first-order valence-corrected chi connectivity index (χ1v) is 8.53. The van der Waals surface area contributed by atoms with Crippen molar-refractivity contribution in [3.05, 3.63) is 75.8 Å². The minimum atomic E-state index is -0.0835. The quantitative estimate of drug-likeness (QED) is 0.613. The van der Waals surface area contributed by atoms with E-state index in [1.54, 1.807) is 7.11 Å². The summed E-state index contributed by atoms with van der Waals surface area (Å²) in [4.78, 5) is 0. The maximum Gasteiger partial charge on any atom is 0.125 e. The SMILES string of the molecule is COc1ccc2cc(Br)ccc2c1C1OCCc2ccccc21. The number of halogens is 1. The van der Waals surface area contributed by atoms with Gasteiger partial charge in [0.1, 0.15) is 11.9 Å². The van der Waals surface area contributed by atoms with Crippen LogP contribution in [-0.4, -0.2) is 13.7 Å². The first-order valence-electron chi connectivity index (χ1n) is 7.73. The van der Waals surface area contributed by atoms with E-state index < -0.39 is 0 Å². The van der Waals surface area contributed by atoms with Gasteiger partial charge in [0.25, 0.3) is 0 Å². The molecule has 116 valence electrons. The number of benzene rings is 3. The van der Waals surface area contributed by atoms with E-state index in [-0.39, 0.29) is 6.10 Å². The van der Waals surface area contributed by atoms with Crippen molar-refractivity contribution in [3.8, 4) is 5.75 Å². The Bertz CT molecular complexity index is 873. The van der Waals surface area contributed by atoms with E-state index >= 15 is 0 Å². The van der Waals surface area contributed by atoms with Gasteiger partial charge >= 0.3 is 0 Å². The monoisotopic (exact) mass is 368 g/mol. The third-order valence-electron chi connectivity index (χ3n) is 4.46. The van der Waals surface area contributed by atoms with Crippen molar-refractivity contribution in [2.75, 3.05) is 13.7 Å². The van der Waals surface area contributed by atoms with Crippen molar-refractivity contribution < 1.29 is 9.47 Å². The molecule has 0 spiro atoms. The molecule has 2 nitrogen and oxygen atoms in total. The average molecular weight is 369 g/mol. The number of hydrogen-bond acceptors (Lipinski definition) is 2. The Labute approximate surface area is 144 Å². The molecule has 0 saturated heterocycles. The van der Waals surface area contributed by atoms with Crippen molar-refractivity contribution in [1.82, 2.24) is 0 Å². The van der Waals surface area contributed by atoms with Gasteiger partial charge in [-0.15, -0.1) is 0 Å². The van der Waals surface area contributed by atoms with Gasteiger partial charge in [0, 0.05) is 10.0 Å². The predicted octanol–water partition coefficient (Wildman–Crippen LogP) is 5.27. The highest BCUT2D eigenvalue weighted by Gasteiger charge is 2.26. The second-order valence-corrected chi connectivity index (χ2v) is 6.66. The van der Waals surface area contributed by atoms with E-state index in [0.29, 0.717) is 0 Å². The number of fused-ring (bicyclic) bond motifs is 2. The molecule has 0 fully saturated rings.